The molecule has 5 rings (SSSR count). The van der Waals surface area contributed by atoms with Gasteiger partial charge in [-0.15, -0.1) is 0 Å². The molecule has 0 aliphatic heterocycles. The van der Waals surface area contributed by atoms with Gasteiger partial charge in [0.05, 0.1) is 12.2 Å². The summed E-state index contributed by atoms with van der Waals surface area (Å²) in [5.41, 5.74) is 3.03. The molecule has 0 amide bonds. The summed E-state index contributed by atoms with van der Waals surface area (Å²) < 4.78 is 11.9. The molecule has 4 aliphatic carbocycles. The number of carbonyl (C=O) groups is 1. The lowest BCUT2D eigenvalue weighted by atomic mass is 9.47. The molecule has 3 heteroatoms. The van der Waals surface area contributed by atoms with Crippen molar-refractivity contribution in [3.8, 4) is 5.75 Å². The van der Waals surface area contributed by atoms with Crippen LogP contribution < -0.4 is 4.74 Å². The van der Waals surface area contributed by atoms with Crippen LogP contribution in [0.25, 0.3) is 0 Å². The zero-order chi connectivity index (χ0) is 29.2. The average molecular weight is 563 g/mol. The number of ether oxygens (including phenoxy) is 2. The number of carbonyl (C=O) groups excluding carboxylic acids is 1. The number of hydrogen-bond donors (Lipinski definition) is 0. The molecule has 3 fully saturated rings. The van der Waals surface area contributed by atoms with Crippen LogP contribution in [0, 0.1) is 46.3 Å². The molecule has 0 aromatic heterocycles. The van der Waals surface area contributed by atoms with Crippen LogP contribution in [-0.2, 0) is 4.74 Å². The lowest BCUT2D eigenvalue weighted by Crippen LogP contribution is -2.51. The normalized spacial score (nSPS) is 35.2. The molecule has 0 N–H and O–H groups in total. The van der Waals surface area contributed by atoms with Gasteiger partial charge in [-0.3, -0.25) is 0 Å². The Morgan fingerprint density at radius 3 is 2.46 bits per heavy atom. The van der Waals surface area contributed by atoms with E-state index in [1.165, 1.54) is 51.4 Å². The maximum atomic E-state index is 13.0. The molecule has 4 aliphatic rings. The van der Waals surface area contributed by atoms with E-state index in [-0.39, 0.29) is 17.5 Å². The Hall–Kier alpha value is -1.77. The van der Waals surface area contributed by atoms with Gasteiger partial charge in [0, 0.05) is 6.42 Å². The second kappa shape index (κ2) is 12.8. The Morgan fingerprint density at radius 1 is 0.951 bits per heavy atom. The minimum atomic E-state index is -0.194. The molecule has 0 bridgehead atoms. The monoisotopic (exact) mass is 562 g/mol. The molecule has 0 unspecified atom stereocenters. The van der Waals surface area contributed by atoms with Crippen LogP contribution in [0.5, 0.6) is 5.75 Å². The van der Waals surface area contributed by atoms with Crippen molar-refractivity contribution in [1.82, 2.24) is 0 Å². The summed E-state index contributed by atoms with van der Waals surface area (Å²) in [7, 11) is 0. The fraction of sp³-hybridized carbons (Fsp3) is 0.763. The van der Waals surface area contributed by atoms with E-state index in [9.17, 15) is 4.79 Å². The molecular formula is C38H58O3. The molecule has 1 aromatic carbocycles. The van der Waals surface area contributed by atoms with E-state index in [1.807, 2.05) is 24.3 Å². The van der Waals surface area contributed by atoms with Gasteiger partial charge in [-0.05, 0) is 122 Å². The first-order chi connectivity index (χ1) is 19.7. The Labute approximate surface area is 251 Å². The van der Waals surface area contributed by atoms with Gasteiger partial charge in [0.15, 0.2) is 0 Å². The Balaban J connectivity index is 1.19. The fourth-order valence-electron chi connectivity index (χ4n) is 9.99. The third-order valence-corrected chi connectivity index (χ3v) is 12.4. The minimum absolute atomic E-state index is 0.00439. The van der Waals surface area contributed by atoms with Crippen LogP contribution in [0.4, 0.5) is 0 Å². The maximum absolute atomic E-state index is 13.0. The number of hydrogen-bond acceptors (Lipinski definition) is 3. The number of rotatable bonds is 11. The lowest BCUT2D eigenvalue weighted by molar-refractivity contribution is -0.0594. The summed E-state index contributed by atoms with van der Waals surface area (Å²) in [5, 5.41) is 0. The van der Waals surface area contributed by atoms with Gasteiger partial charge in [0.2, 0.25) is 0 Å². The zero-order valence-electron chi connectivity index (χ0n) is 27.1. The van der Waals surface area contributed by atoms with Crippen LogP contribution in [0.2, 0.25) is 0 Å². The van der Waals surface area contributed by atoms with Crippen molar-refractivity contribution in [3.63, 3.8) is 0 Å². The quantitative estimate of drug-likeness (QED) is 0.153. The standard InChI is InChI=1S/C38H58O3/c1-7-8-24-40-30-15-12-28(13-16-30)36(39)41-31-20-22-37(5)29(25-31)14-17-32-34-19-18-33(27(4)11-9-10-26(2)3)38(34,6)23-21-35(32)37/h12-16,26-27,31-35H,7-11,17-25H2,1-6H3/t27-,31+,32-,33+,34-,35-,37+,38+/m1/s1. The van der Waals surface area contributed by atoms with Gasteiger partial charge in [-0.1, -0.05) is 78.9 Å². The second-order valence-electron chi connectivity index (χ2n) is 15.3. The van der Waals surface area contributed by atoms with Crippen molar-refractivity contribution >= 4 is 5.97 Å². The van der Waals surface area contributed by atoms with E-state index in [1.54, 1.807) is 5.57 Å². The van der Waals surface area contributed by atoms with Crippen LogP contribution in [0.3, 0.4) is 0 Å². The number of unbranched alkanes of at least 4 members (excludes halogenated alkanes) is 1. The summed E-state index contributed by atoms with van der Waals surface area (Å²) in [4.78, 5) is 13.0. The van der Waals surface area contributed by atoms with E-state index >= 15 is 0 Å². The molecule has 228 valence electrons. The molecule has 1 aromatic rings. The Bertz CT molecular complexity index is 1060. The smallest absolute Gasteiger partial charge is 0.338 e. The predicted octanol–water partition coefficient (Wildman–Crippen LogP) is 10.4. The molecule has 0 saturated heterocycles. The van der Waals surface area contributed by atoms with E-state index in [0.717, 1.165) is 80.0 Å². The van der Waals surface area contributed by atoms with Gasteiger partial charge in [0.1, 0.15) is 11.9 Å². The molecule has 8 atom stereocenters. The third-order valence-electron chi connectivity index (χ3n) is 12.4. The van der Waals surface area contributed by atoms with Crippen molar-refractivity contribution in [1.29, 1.82) is 0 Å². The first kappa shape index (κ1) is 30.7. The largest absolute Gasteiger partial charge is 0.494 e. The van der Waals surface area contributed by atoms with Gasteiger partial charge in [-0.25, -0.2) is 4.79 Å². The van der Waals surface area contributed by atoms with Crippen LogP contribution >= 0.6 is 0 Å². The Morgan fingerprint density at radius 2 is 1.73 bits per heavy atom. The van der Waals surface area contributed by atoms with Crippen molar-refractivity contribution in [2.75, 3.05) is 6.61 Å². The molecular weight excluding hydrogens is 504 g/mol. The molecule has 3 nitrogen and oxygen atoms in total. The summed E-state index contributed by atoms with van der Waals surface area (Å²) in [6.07, 6.45) is 18.9. The van der Waals surface area contributed by atoms with Crippen molar-refractivity contribution < 1.29 is 14.3 Å². The molecule has 3 saturated carbocycles. The summed E-state index contributed by atoms with van der Waals surface area (Å²) >= 11 is 0. The highest BCUT2D eigenvalue weighted by Gasteiger charge is 2.59. The number of fused-ring (bicyclic) bond motifs is 5. The summed E-state index contributed by atoms with van der Waals surface area (Å²) in [5.74, 6) is 5.75. The van der Waals surface area contributed by atoms with E-state index in [0.29, 0.717) is 11.0 Å². The predicted molar refractivity (Wildman–Crippen MR) is 169 cm³/mol. The van der Waals surface area contributed by atoms with E-state index < -0.39 is 0 Å². The van der Waals surface area contributed by atoms with Crippen molar-refractivity contribution in [2.24, 2.45) is 46.3 Å². The topological polar surface area (TPSA) is 35.5 Å². The highest BCUT2D eigenvalue weighted by Crippen LogP contribution is 2.67. The van der Waals surface area contributed by atoms with Gasteiger partial charge in [0.25, 0.3) is 0 Å². The molecule has 0 spiro atoms. The van der Waals surface area contributed by atoms with Gasteiger partial charge in [-0.2, -0.15) is 0 Å². The van der Waals surface area contributed by atoms with Gasteiger partial charge >= 0.3 is 5.97 Å². The Kier molecular flexibility index (Phi) is 9.61. The van der Waals surface area contributed by atoms with Crippen LogP contribution in [-0.4, -0.2) is 18.7 Å². The zero-order valence-corrected chi connectivity index (χ0v) is 27.1. The van der Waals surface area contributed by atoms with E-state index in [2.05, 4.69) is 47.6 Å². The minimum Gasteiger partial charge on any atom is -0.494 e. The lowest BCUT2D eigenvalue weighted by Gasteiger charge is -2.58. The maximum Gasteiger partial charge on any atom is 0.338 e. The van der Waals surface area contributed by atoms with Crippen molar-refractivity contribution in [2.45, 2.75) is 131 Å². The first-order valence-corrected chi connectivity index (χ1v) is 17.3. The second-order valence-corrected chi connectivity index (χ2v) is 15.3. The van der Waals surface area contributed by atoms with Crippen LogP contribution in [0.1, 0.15) is 135 Å². The highest BCUT2D eigenvalue weighted by molar-refractivity contribution is 5.89. The molecule has 41 heavy (non-hydrogen) atoms. The summed E-state index contributed by atoms with van der Waals surface area (Å²) in [6, 6.07) is 7.48. The third kappa shape index (κ3) is 6.30. The highest BCUT2D eigenvalue weighted by atomic mass is 16.5. The molecule has 0 heterocycles. The number of benzene rings is 1. The van der Waals surface area contributed by atoms with Gasteiger partial charge < -0.3 is 9.47 Å². The fourth-order valence-corrected chi connectivity index (χ4v) is 9.99. The first-order valence-electron chi connectivity index (χ1n) is 17.3. The van der Waals surface area contributed by atoms with E-state index in [4.69, 9.17) is 9.47 Å². The molecule has 0 radical (unpaired) electrons. The van der Waals surface area contributed by atoms with Crippen LogP contribution in [0.15, 0.2) is 35.9 Å². The summed E-state index contributed by atoms with van der Waals surface area (Å²) in [6.45, 7) is 15.4. The number of esters is 1. The number of allylic oxidation sites excluding steroid dienone is 1. The SMILES string of the molecule is CCCCOc1ccc(C(=O)O[C@H]2CC[C@@]3(C)C(=CC[C@@H]4[C@H]5CC[C@@H]([C@H](C)CCCC(C)C)[C@]5(C)CC[C@H]43)C2)cc1. The van der Waals surface area contributed by atoms with Crippen molar-refractivity contribution in [3.05, 3.63) is 41.5 Å². The average Bonchev–Trinajstić information content (AvgIpc) is 3.31.